The summed E-state index contributed by atoms with van der Waals surface area (Å²) in [7, 11) is 0. The van der Waals surface area contributed by atoms with Gasteiger partial charge in [-0.2, -0.15) is 0 Å². The van der Waals surface area contributed by atoms with Crippen molar-refractivity contribution in [2.45, 2.75) is 19.4 Å². The number of alkyl carbamates (subject to hydrolysis) is 1. The van der Waals surface area contributed by atoms with Gasteiger partial charge in [-0.1, -0.05) is 59.8 Å². The molecule has 2 aromatic carbocycles. The molecule has 0 unspecified atom stereocenters. The van der Waals surface area contributed by atoms with Crippen LogP contribution < -0.4 is 5.32 Å². The van der Waals surface area contributed by atoms with Gasteiger partial charge in [0.05, 0.1) is 6.42 Å². The van der Waals surface area contributed by atoms with Crippen LogP contribution in [0.4, 0.5) is 4.79 Å². The number of carbonyl (C=O) groups excluding carboxylic acids is 1. The SMILES string of the molecule is O=C(O)Cc1ccc(Cl)cc1C#CCCNC(=O)OCc1ccccc1. The lowest BCUT2D eigenvalue weighted by molar-refractivity contribution is -0.136. The molecule has 2 aromatic rings. The van der Waals surface area contributed by atoms with Crippen molar-refractivity contribution >= 4 is 23.7 Å². The van der Waals surface area contributed by atoms with Gasteiger partial charge in [-0.25, -0.2) is 4.79 Å². The molecule has 0 aliphatic rings. The van der Waals surface area contributed by atoms with Gasteiger partial charge in [0.15, 0.2) is 0 Å². The van der Waals surface area contributed by atoms with Gasteiger partial charge in [0, 0.05) is 23.6 Å². The van der Waals surface area contributed by atoms with Crippen LogP contribution in [0.2, 0.25) is 5.02 Å². The van der Waals surface area contributed by atoms with Crippen LogP contribution >= 0.6 is 11.6 Å². The Morgan fingerprint density at radius 2 is 1.92 bits per heavy atom. The molecule has 2 rings (SSSR count). The summed E-state index contributed by atoms with van der Waals surface area (Å²) in [4.78, 5) is 22.5. The third kappa shape index (κ3) is 6.88. The van der Waals surface area contributed by atoms with Gasteiger partial charge in [0.1, 0.15) is 6.61 Å². The van der Waals surface area contributed by atoms with Gasteiger partial charge in [-0.15, -0.1) is 0 Å². The molecular weight excluding hydrogens is 354 g/mol. The lowest BCUT2D eigenvalue weighted by Crippen LogP contribution is -2.24. The predicted molar refractivity (Wildman–Crippen MR) is 98.9 cm³/mol. The first-order chi connectivity index (χ1) is 12.5. The summed E-state index contributed by atoms with van der Waals surface area (Å²) in [6, 6.07) is 14.3. The van der Waals surface area contributed by atoms with Crippen LogP contribution in [0.15, 0.2) is 48.5 Å². The van der Waals surface area contributed by atoms with E-state index in [4.69, 9.17) is 21.4 Å². The average Bonchev–Trinajstić information content (AvgIpc) is 2.62. The van der Waals surface area contributed by atoms with Crippen molar-refractivity contribution in [2.75, 3.05) is 6.54 Å². The molecule has 0 aromatic heterocycles. The smallest absolute Gasteiger partial charge is 0.407 e. The van der Waals surface area contributed by atoms with E-state index in [0.29, 0.717) is 29.1 Å². The largest absolute Gasteiger partial charge is 0.481 e. The highest BCUT2D eigenvalue weighted by Crippen LogP contribution is 2.16. The number of carbonyl (C=O) groups is 2. The maximum Gasteiger partial charge on any atom is 0.407 e. The van der Waals surface area contributed by atoms with Gasteiger partial charge in [-0.3, -0.25) is 4.79 Å². The van der Waals surface area contributed by atoms with Crippen molar-refractivity contribution < 1.29 is 19.4 Å². The molecule has 2 N–H and O–H groups in total. The fraction of sp³-hybridized carbons (Fsp3) is 0.200. The molecule has 0 saturated heterocycles. The molecule has 0 aliphatic heterocycles. The van der Waals surface area contributed by atoms with E-state index in [2.05, 4.69) is 17.2 Å². The molecule has 0 heterocycles. The van der Waals surface area contributed by atoms with E-state index in [1.165, 1.54) is 0 Å². The number of nitrogens with one attached hydrogen (secondary N) is 1. The molecule has 0 radical (unpaired) electrons. The van der Waals surface area contributed by atoms with Crippen molar-refractivity contribution in [1.82, 2.24) is 5.32 Å². The maximum atomic E-state index is 11.6. The minimum absolute atomic E-state index is 0.120. The summed E-state index contributed by atoms with van der Waals surface area (Å²) in [5, 5.41) is 12.0. The molecule has 0 bridgehead atoms. The van der Waals surface area contributed by atoms with E-state index in [9.17, 15) is 9.59 Å². The van der Waals surface area contributed by atoms with Crippen LogP contribution in [0.3, 0.4) is 0 Å². The summed E-state index contributed by atoms with van der Waals surface area (Å²) in [6.07, 6.45) is -0.227. The van der Waals surface area contributed by atoms with Crippen LogP contribution in [0, 0.1) is 11.8 Å². The lowest BCUT2D eigenvalue weighted by atomic mass is 10.0. The zero-order valence-electron chi connectivity index (χ0n) is 14.0. The molecular formula is C20H18ClNO4. The van der Waals surface area contributed by atoms with Gasteiger partial charge >= 0.3 is 12.1 Å². The van der Waals surface area contributed by atoms with E-state index in [0.717, 1.165) is 5.56 Å². The van der Waals surface area contributed by atoms with E-state index < -0.39 is 12.1 Å². The van der Waals surface area contributed by atoms with Crippen molar-refractivity contribution in [3.63, 3.8) is 0 Å². The van der Waals surface area contributed by atoms with Crippen molar-refractivity contribution in [2.24, 2.45) is 0 Å². The molecule has 0 atom stereocenters. The third-order valence-corrected chi connectivity index (χ3v) is 3.60. The number of hydrogen-bond donors (Lipinski definition) is 2. The Kier molecular flexibility index (Phi) is 7.53. The minimum Gasteiger partial charge on any atom is -0.481 e. The molecule has 0 spiro atoms. The highest BCUT2D eigenvalue weighted by Gasteiger charge is 2.06. The first-order valence-electron chi connectivity index (χ1n) is 7.98. The Balaban J connectivity index is 1.79. The number of carboxylic acids is 1. The predicted octanol–water partition coefficient (Wildman–Crippen LogP) is 3.64. The summed E-state index contributed by atoms with van der Waals surface area (Å²) in [5.74, 6) is 4.87. The minimum atomic E-state index is -0.932. The second-order valence-corrected chi connectivity index (χ2v) is 5.85. The van der Waals surface area contributed by atoms with Crippen molar-refractivity contribution in [3.05, 3.63) is 70.2 Å². The first-order valence-corrected chi connectivity index (χ1v) is 8.36. The molecule has 6 heteroatoms. The van der Waals surface area contributed by atoms with Gasteiger partial charge in [0.2, 0.25) is 0 Å². The highest BCUT2D eigenvalue weighted by atomic mass is 35.5. The molecule has 1 amide bonds. The highest BCUT2D eigenvalue weighted by molar-refractivity contribution is 6.30. The van der Waals surface area contributed by atoms with Crippen LogP contribution in [0.5, 0.6) is 0 Å². The second-order valence-electron chi connectivity index (χ2n) is 5.41. The average molecular weight is 372 g/mol. The number of aliphatic carboxylic acids is 1. The molecule has 134 valence electrons. The fourth-order valence-electron chi connectivity index (χ4n) is 2.14. The number of benzene rings is 2. The maximum absolute atomic E-state index is 11.6. The number of rotatable bonds is 6. The molecule has 0 aliphatic carbocycles. The van der Waals surface area contributed by atoms with Crippen LogP contribution in [0.1, 0.15) is 23.1 Å². The standard InChI is InChI=1S/C20H18ClNO4/c21-18-10-9-17(13-19(23)24)16(12-18)8-4-5-11-22-20(25)26-14-15-6-2-1-3-7-15/h1-3,6-7,9-10,12H,5,11,13-14H2,(H,22,25)(H,23,24). The summed E-state index contributed by atoms with van der Waals surface area (Å²) >= 11 is 5.93. The van der Waals surface area contributed by atoms with Gasteiger partial charge < -0.3 is 15.2 Å². The summed E-state index contributed by atoms with van der Waals surface area (Å²) < 4.78 is 5.09. The third-order valence-electron chi connectivity index (χ3n) is 3.37. The topological polar surface area (TPSA) is 75.6 Å². The molecule has 0 saturated carbocycles. The molecule has 0 fully saturated rings. The van der Waals surface area contributed by atoms with E-state index >= 15 is 0 Å². The number of amides is 1. The normalized spacial score (nSPS) is 9.73. The van der Waals surface area contributed by atoms with Crippen molar-refractivity contribution in [3.8, 4) is 11.8 Å². The van der Waals surface area contributed by atoms with E-state index in [1.54, 1.807) is 18.2 Å². The zero-order chi connectivity index (χ0) is 18.8. The number of halogens is 1. The van der Waals surface area contributed by atoms with Crippen LogP contribution in [0.25, 0.3) is 0 Å². The Morgan fingerprint density at radius 1 is 1.15 bits per heavy atom. The Bertz CT molecular complexity index is 825. The monoisotopic (exact) mass is 371 g/mol. The van der Waals surface area contributed by atoms with E-state index in [1.807, 2.05) is 30.3 Å². The Labute approximate surface area is 156 Å². The lowest BCUT2D eigenvalue weighted by Gasteiger charge is -2.05. The van der Waals surface area contributed by atoms with Gasteiger partial charge in [-0.05, 0) is 23.3 Å². The van der Waals surface area contributed by atoms with Crippen LogP contribution in [-0.2, 0) is 22.6 Å². The fourth-order valence-corrected chi connectivity index (χ4v) is 2.31. The summed E-state index contributed by atoms with van der Waals surface area (Å²) in [6.45, 7) is 0.537. The number of ether oxygens (including phenoxy) is 1. The van der Waals surface area contributed by atoms with Gasteiger partial charge in [0.25, 0.3) is 0 Å². The molecule has 5 nitrogen and oxygen atoms in total. The van der Waals surface area contributed by atoms with Crippen LogP contribution in [-0.4, -0.2) is 23.7 Å². The zero-order valence-corrected chi connectivity index (χ0v) is 14.8. The Morgan fingerprint density at radius 3 is 2.65 bits per heavy atom. The Hall–Kier alpha value is -2.97. The number of carboxylic acid groups (broad SMARTS) is 1. The van der Waals surface area contributed by atoms with Crippen molar-refractivity contribution in [1.29, 1.82) is 0 Å². The quantitative estimate of drug-likeness (QED) is 0.600. The summed E-state index contributed by atoms with van der Waals surface area (Å²) in [5.41, 5.74) is 2.09. The first kappa shape index (κ1) is 19.4. The van der Waals surface area contributed by atoms with E-state index in [-0.39, 0.29) is 13.0 Å². The number of hydrogen-bond acceptors (Lipinski definition) is 3. The second kappa shape index (κ2) is 10.1. The molecule has 26 heavy (non-hydrogen) atoms.